The molecule has 1 aromatic carbocycles. The Morgan fingerprint density at radius 2 is 2.14 bits per heavy atom. The Labute approximate surface area is 120 Å². The largest absolute Gasteiger partial charge is 0.392 e. The lowest BCUT2D eigenvalue weighted by Crippen LogP contribution is -2.15. The summed E-state index contributed by atoms with van der Waals surface area (Å²) in [5.74, 6) is 0. The minimum atomic E-state index is -3.83. The van der Waals surface area contributed by atoms with E-state index in [2.05, 4.69) is 19.9 Å². The maximum Gasteiger partial charge on any atom is 0.279 e. The summed E-state index contributed by atoms with van der Waals surface area (Å²) in [6.07, 6.45) is 2.95. The topological polar surface area (TPSA) is 108 Å². The fourth-order valence-electron chi connectivity index (χ4n) is 1.99. The molecule has 21 heavy (non-hydrogen) atoms. The molecule has 3 aromatic rings. The second-order valence-corrected chi connectivity index (χ2v) is 6.02. The lowest BCUT2D eigenvalue weighted by Gasteiger charge is -2.08. The minimum absolute atomic E-state index is 0.142. The molecule has 0 saturated carbocycles. The van der Waals surface area contributed by atoms with E-state index in [1.165, 1.54) is 6.20 Å². The van der Waals surface area contributed by atoms with Gasteiger partial charge < -0.3 is 5.11 Å². The number of pyridine rings is 1. The van der Waals surface area contributed by atoms with Gasteiger partial charge in [0.25, 0.3) is 10.0 Å². The minimum Gasteiger partial charge on any atom is -0.392 e. The molecule has 3 rings (SSSR count). The number of anilines is 1. The number of aromatic nitrogens is 3. The Morgan fingerprint density at radius 1 is 1.29 bits per heavy atom. The molecule has 8 heteroatoms. The van der Waals surface area contributed by atoms with Crippen molar-refractivity contribution in [2.75, 3.05) is 4.72 Å². The fourth-order valence-corrected chi connectivity index (χ4v) is 3.16. The average Bonchev–Trinajstić information content (AvgIpc) is 2.96. The Morgan fingerprint density at radius 3 is 2.95 bits per heavy atom. The molecule has 0 unspecified atom stereocenters. The number of aliphatic hydroxyl groups excluding tert-OH is 1. The fraction of sp³-hybridized carbons (Fsp3) is 0.0769. The highest BCUT2D eigenvalue weighted by atomic mass is 32.2. The summed E-state index contributed by atoms with van der Waals surface area (Å²) < 4.78 is 27.0. The maximum atomic E-state index is 12.3. The molecular formula is C13H12N4O3S. The number of nitrogens with one attached hydrogen (secondary N) is 2. The van der Waals surface area contributed by atoms with Crippen molar-refractivity contribution in [3.8, 4) is 0 Å². The normalized spacial score (nSPS) is 11.7. The van der Waals surface area contributed by atoms with Crippen molar-refractivity contribution < 1.29 is 13.5 Å². The predicted octanol–water partition coefficient (Wildman–Crippen LogP) is 1.25. The number of hydrogen-bond donors (Lipinski definition) is 3. The Hall–Kier alpha value is -2.45. The third-order valence-electron chi connectivity index (χ3n) is 2.97. The van der Waals surface area contributed by atoms with Crippen molar-refractivity contribution in [2.24, 2.45) is 0 Å². The van der Waals surface area contributed by atoms with E-state index in [1.807, 2.05) is 6.07 Å². The first-order valence-electron chi connectivity index (χ1n) is 6.11. The Kier molecular flexibility index (Phi) is 3.32. The lowest BCUT2D eigenvalue weighted by atomic mass is 10.2. The van der Waals surface area contributed by atoms with Crippen molar-refractivity contribution in [3.05, 3.63) is 48.3 Å². The first kappa shape index (κ1) is 13.5. The summed E-state index contributed by atoms with van der Waals surface area (Å²) in [6.45, 7) is -0.408. The smallest absolute Gasteiger partial charge is 0.279 e. The SMILES string of the molecule is O=S(=O)(Nc1ccc2ncccc2c1)c1[nH]ncc1CO. The first-order valence-corrected chi connectivity index (χ1v) is 7.59. The van der Waals surface area contributed by atoms with Gasteiger partial charge in [-0.2, -0.15) is 13.5 Å². The lowest BCUT2D eigenvalue weighted by molar-refractivity contribution is 0.278. The zero-order valence-electron chi connectivity index (χ0n) is 10.8. The van der Waals surface area contributed by atoms with Gasteiger partial charge in [0, 0.05) is 22.8 Å². The van der Waals surface area contributed by atoms with E-state index in [4.69, 9.17) is 5.11 Å². The third-order valence-corrected chi connectivity index (χ3v) is 4.37. The highest BCUT2D eigenvalue weighted by molar-refractivity contribution is 7.92. The molecule has 0 aliphatic carbocycles. The highest BCUT2D eigenvalue weighted by Gasteiger charge is 2.20. The van der Waals surface area contributed by atoms with Crippen LogP contribution in [0.1, 0.15) is 5.56 Å². The van der Waals surface area contributed by atoms with Gasteiger partial charge in [-0.25, -0.2) is 0 Å². The molecular weight excluding hydrogens is 292 g/mol. The van der Waals surface area contributed by atoms with Crippen LogP contribution < -0.4 is 4.72 Å². The van der Waals surface area contributed by atoms with Gasteiger partial charge in [-0.3, -0.25) is 14.8 Å². The number of fused-ring (bicyclic) bond motifs is 1. The van der Waals surface area contributed by atoms with Crippen LogP contribution in [0.15, 0.2) is 47.8 Å². The van der Waals surface area contributed by atoms with Crippen LogP contribution in [-0.2, 0) is 16.6 Å². The summed E-state index contributed by atoms with van der Waals surface area (Å²) in [5.41, 5.74) is 1.40. The molecule has 3 N–H and O–H groups in total. The molecule has 0 fully saturated rings. The molecule has 0 spiro atoms. The van der Waals surface area contributed by atoms with Crippen LogP contribution in [0.25, 0.3) is 10.9 Å². The molecule has 2 heterocycles. The van der Waals surface area contributed by atoms with Crippen molar-refractivity contribution in [3.63, 3.8) is 0 Å². The van der Waals surface area contributed by atoms with E-state index >= 15 is 0 Å². The standard InChI is InChI=1S/C13H12N4O3S/c18-8-10-7-15-16-13(10)21(19,20)17-11-3-4-12-9(6-11)2-1-5-14-12/h1-7,17-18H,8H2,(H,15,16). The van der Waals surface area contributed by atoms with Crippen LogP contribution >= 0.6 is 0 Å². The molecule has 2 aromatic heterocycles. The third kappa shape index (κ3) is 2.58. The second kappa shape index (κ2) is 5.15. The van der Waals surface area contributed by atoms with Gasteiger partial charge in [0.1, 0.15) is 0 Å². The van der Waals surface area contributed by atoms with Crippen LogP contribution in [0.3, 0.4) is 0 Å². The maximum absolute atomic E-state index is 12.3. The van der Waals surface area contributed by atoms with Crippen LogP contribution in [0.4, 0.5) is 5.69 Å². The number of rotatable bonds is 4. The monoisotopic (exact) mass is 304 g/mol. The van der Waals surface area contributed by atoms with Crippen molar-refractivity contribution >= 4 is 26.6 Å². The number of benzene rings is 1. The number of H-pyrrole nitrogens is 1. The van der Waals surface area contributed by atoms with E-state index in [0.717, 1.165) is 10.9 Å². The van der Waals surface area contributed by atoms with Gasteiger partial charge in [0.2, 0.25) is 0 Å². The van der Waals surface area contributed by atoms with Gasteiger partial charge in [0.15, 0.2) is 5.03 Å². The molecule has 0 saturated heterocycles. The van der Waals surface area contributed by atoms with Crippen LogP contribution in [-0.4, -0.2) is 28.7 Å². The molecule has 0 aliphatic rings. The highest BCUT2D eigenvalue weighted by Crippen LogP contribution is 2.21. The molecule has 108 valence electrons. The number of aromatic amines is 1. The second-order valence-electron chi connectivity index (χ2n) is 4.40. The number of aliphatic hydroxyl groups is 1. The Bertz CT molecular complexity index is 889. The zero-order chi connectivity index (χ0) is 14.9. The quantitative estimate of drug-likeness (QED) is 0.672. The number of sulfonamides is 1. The van der Waals surface area contributed by atoms with Gasteiger partial charge in [0.05, 0.1) is 18.3 Å². The molecule has 0 amide bonds. The molecule has 0 radical (unpaired) electrons. The van der Waals surface area contributed by atoms with Crippen LogP contribution in [0, 0.1) is 0 Å². The summed E-state index contributed by atoms with van der Waals surface area (Å²) in [4.78, 5) is 4.17. The van der Waals surface area contributed by atoms with E-state index in [1.54, 1.807) is 30.5 Å². The number of hydrogen-bond acceptors (Lipinski definition) is 5. The molecule has 0 bridgehead atoms. The molecule has 7 nitrogen and oxygen atoms in total. The van der Waals surface area contributed by atoms with Crippen LogP contribution in [0.2, 0.25) is 0 Å². The van der Waals surface area contributed by atoms with Crippen molar-refractivity contribution in [1.29, 1.82) is 0 Å². The van der Waals surface area contributed by atoms with Gasteiger partial charge in [-0.05, 0) is 24.3 Å². The average molecular weight is 304 g/mol. The van der Waals surface area contributed by atoms with Gasteiger partial charge in [-0.1, -0.05) is 6.07 Å². The van der Waals surface area contributed by atoms with E-state index < -0.39 is 16.6 Å². The van der Waals surface area contributed by atoms with E-state index in [-0.39, 0.29) is 10.6 Å². The summed E-state index contributed by atoms with van der Waals surface area (Å²) >= 11 is 0. The molecule has 0 atom stereocenters. The zero-order valence-corrected chi connectivity index (χ0v) is 11.6. The van der Waals surface area contributed by atoms with E-state index in [9.17, 15) is 8.42 Å². The first-order chi connectivity index (χ1) is 10.1. The van der Waals surface area contributed by atoms with Gasteiger partial charge >= 0.3 is 0 Å². The predicted molar refractivity (Wildman–Crippen MR) is 77.1 cm³/mol. The van der Waals surface area contributed by atoms with Crippen molar-refractivity contribution in [2.45, 2.75) is 11.6 Å². The van der Waals surface area contributed by atoms with E-state index in [0.29, 0.717) is 5.69 Å². The number of nitrogens with zero attached hydrogens (tertiary/aromatic N) is 2. The van der Waals surface area contributed by atoms with Gasteiger partial charge in [-0.15, -0.1) is 0 Å². The van der Waals surface area contributed by atoms with Crippen molar-refractivity contribution in [1.82, 2.24) is 15.2 Å². The molecule has 0 aliphatic heterocycles. The summed E-state index contributed by atoms with van der Waals surface area (Å²) in [7, 11) is -3.83. The Balaban J connectivity index is 1.97. The van der Waals surface area contributed by atoms with Crippen LogP contribution in [0.5, 0.6) is 0 Å². The summed E-state index contributed by atoms with van der Waals surface area (Å²) in [5, 5.41) is 15.8. The summed E-state index contributed by atoms with van der Waals surface area (Å²) in [6, 6.07) is 8.67.